The molecule has 0 aliphatic carbocycles. The minimum absolute atomic E-state index is 0.156. The Morgan fingerprint density at radius 1 is 1.60 bits per heavy atom. The fourth-order valence-corrected chi connectivity index (χ4v) is 3.85. The molecule has 1 aromatic rings. The molecular weight excluding hydrogens is 320 g/mol. The van der Waals surface area contributed by atoms with Gasteiger partial charge in [0.1, 0.15) is 5.51 Å². The van der Waals surface area contributed by atoms with Crippen molar-refractivity contribution < 1.29 is 14.4 Å². The van der Waals surface area contributed by atoms with Crippen molar-refractivity contribution in [2.24, 2.45) is 0 Å². The Kier molecular flexibility index (Phi) is 5.38. The average molecular weight is 332 g/mol. The molecule has 0 bridgehead atoms. The third-order valence-corrected chi connectivity index (χ3v) is 5.23. The molecule has 0 aromatic carbocycles. The Morgan fingerprint density at radius 3 is 3.00 bits per heavy atom. The van der Waals surface area contributed by atoms with Crippen LogP contribution < -0.4 is 5.32 Å². The summed E-state index contributed by atoms with van der Waals surface area (Å²) in [6.07, 6.45) is 0. The minimum Gasteiger partial charge on any atom is -0.353 e. The normalized spacial score (nSPS) is 16.6. The third-order valence-electron chi connectivity index (χ3n) is 2.46. The van der Waals surface area contributed by atoms with Crippen LogP contribution in [0, 0.1) is 0 Å². The predicted octanol–water partition coefficient (Wildman–Crippen LogP) is 0.830. The highest BCUT2D eigenvalue weighted by molar-refractivity contribution is 8.14. The van der Waals surface area contributed by atoms with Gasteiger partial charge in [-0.2, -0.15) is 0 Å². The van der Waals surface area contributed by atoms with Crippen LogP contribution >= 0.6 is 34.9 Å². The lowest BCUT2D eigenvalue weighted by molar-refractivity contribution is -0.125. The van der Waals surface area contributed by atoms with E-state index in [1.54, 1.807) is 12.4 Å². The van der Waals surface area contributed by atoms with Crippen LogP contribution in [0.25, 0.3) is 0 Å². The molecule has 1 fully saturated rings. The molecule has 20 heavy (non-hydrogen) atoms. The van der Waals surface area contributed by atoms with E-state index in [4.69, 9.17) is 0 Å². The first kappa shape index (κ1) is 15.3. The number of amides is 3. The molecular formula is C10H12N4O3S3. The van der Waals surface area contributed by atoms with Crippen LogP contribution in [0.5, 0.6) is 0 Å². The molecule has 0 spiro atoms. The van der Waals surface area contributed by atoms with Crippen LogP contribution in [0.4, 0.5) is 4.79 Å². The van der Waals surface area contributed by atoms with E-state index in [2.05, 4.69) is 15.5 Å². The van der Waals surface area contributed by atoms with Crippen molar-refractivity contribution in [3.63, 3.8) is 0 Å². The molecule has 1 N–H and O–H groups in total. The first-order chi connectivity index (χ1) is 9.58. The van der Waals surface area contributed by atoms with Crippen molar-refractivity contribution in [2.45, 2.75) is 16.5 Å². The number of thioether (sulfide) groups is 2. The van der Waals surface area contributed by atoms with Crippen LogP contribution in [-0.2, 0) is 9.59 Å². The van der Waals surface area contributed by atoms with Gasteiger partial charge >= 0.3 is 0 Å². The SMILES string of the molecule is C[C@H](Sc1nncs1)C(=O)NCCN1C(=O)CSC1=O. The van der Waals surface area contributed by atoms with Crippen molar-refractivity contribution in [2.75, 3.05) is 18.8 Å². The molecule has 2 rings (SSSR count). The van der Waals surface area contributed by atoms with Gasteiger partial charge in [-0.1, -0.05) is 34.9 Å². The van der Waals surface area contributed by atoms with E-state index in [9.17, 15) is 14.4 Å². The van der Waals surface area contributed by atoms with E-state index in [-0.39, 0.29) is 41.1 Å². The summed E-state index contributed by atoms with van der Waals surface area (Å²) in [6, 6.07) is 0. The van der Waals surface area contributed by atoms with E-state index >= 15 is 0 Å². The Balaban J connectivity index is 1.72. The maximum atomic E-state index is 11.8. The Bertz CT molecular complexity index is 492. The van der Waals surface area contributed by atoms with E-state index in [1.807, 2.05) is 0 Å². The summed E-state index contributed by atoms with van der Waals surface area (Å²) in [5.41, 5.74) is 1.61. The largest absolute Gasteiger partial charge is 0.353 e. The molecule has 7 nitrogen and oxygen atoms in total. The van der Waals surface area contributed by atoms with E-state index < -0.39 is 0 Å². The quantitative estimate of drug-likeness (QED) is 0.771. The number of nitrogens with zero attached hydrogens (tertiary/aromatic N) is 3. The van der Waals surface area contributed by atoms with Crippen molar-refractivity contribution in [1.29, 1.82) is 0 Å². The highest BCUT2D eigenvalue weighted by atomic mass is 32.2. The second kappa shape index (κ2) is 7.04. The zero-order valence-electron chi connectivity index (χ0n) is 10.6. The summed E-state index contributed by atoms with van der Waals surface area (Å²) in [6.45, 7) is 2.24. The van der Waals surface area contributed by atoms with Gasteiger partial charge in [-0.15, -0.1) is 10.2 Å². The average Bonchev–Trinajstić information content (AvgIpc) is 3.02. The highest BCUT2D eigenvalue weighted by Crippen LogP contribution is 2.24. The standard InChI is InChI=1S/C10H12N4O3S3/c1-6(20-9-13-12-5-19-9)8(16)11-2-3-14-7(15)4-18-10(14)17/h5-6H,2-4H2,1H3,(H,11,16)/t6-/m0/s1. The number of rotatable bonds is 6. The molecule has 1 aliphatic heterocycles. The number of aromatic nitrogens is 2. The van der Waals surface area contributed by atoms with Crippen LogP contribution in [0.1, 0.15) is 6.92 Å². The smallest absolute Gasteiger partial charge is 0.288 e. The Hall–Kier alpha value is -1.13. The van der Waals surface area contributed by atoms with Crippen molar-refractivity contribution in [3.05, 3.63) is 5.51 Å². The summed E-state index contributed by atoms with van der Waals surface area (Å²) in [5.74, 6) is -0.168. The fourth-order valence-electron chi connectivity index (χ4n) is 1.45. The van der Waals surface area contributed by atoms with Crippen molar-refractivity contribution >= 4 is 51.9 Å². The zero-order chi connectivity index (χ0) is 14.5. The van der Waals surface area contributed by atoms with E-state index in [0.717, 1.165) is 21.0 Å². The molecule has 2 heterocycles. The maximum Gasteiger partial charge on any atom is 0.288 e. The molecule has 1 atom stereocenters. The van der Waals surface area contributed by atoms with Gasteiger partial charge in [-0.05, 0) is 6.92 Å². The summed E-state index contributed by atoms with van der Waals surface area (Å²) in [4.78, 5) is 35.7. The lowest BCUT2D eigenvalue weighted by Gasteiger charge is -2.14. The van der Waals surface area contributed by atoms with Crippen LogP contribution in [-0.4, -0.2) is 56.2 Å². The number of imide groups is 1. The number of hydrogen-bond donors (Lipinski definition) is 1. The first-order valence-electron chi connectivity index (χ1n) is 5.75. The van der Waals surface area contributed by atoms with Crippen molar-refractivity contribution in [1.82, 2.24) is 20.4 Å². The Labute approximate surface area is 127 Å². The van der Waals surface area contributed by atoms with Crippen LogP contribution in [0.15, 0.2) is 9.85 Å². The molecule has 3 amide bonds. The predicted molar refractivity (Wildman–Crippen MR) is 77.8 cm³/mol. The minimum atomic E-state index is -0.303. The second-order valence-corrected chi connectivity index (χ2v) is 7.20. The second-order valence-electron chi connectivity index (χ2n) is 3.86. The summed E-state index contributed by atoms with van der Waals surface area (Å²) < 4.78 is 0.731. The topological polar surface area (TPSA) is 92.3 Å². The van der Waals surface area contributed by atoms with Gasteiger partial charge in [0.05, 0.1) is 11.0 Å². The highest BCUT2D eigenvalue weighted by Gasteiger charge is 2.29. The summed E-state index contributed by atoms with van der Waals surface area (Å²) in [5, 5.41) is 9.70. The number of carbonyl (C=O) groups excluding carboxylic acids is 3. The van der Waals surface area contributed by atoms with Crippen LogP contribution in [0.3, 0.4) is 0 Å². The Morgan fingerprint density at radius 2 is 2.40 bits per heavy atom. The van der Waals surface area contributed by atoms with Crippen LogP contribution in [0.2, 0.25) is 0 Å². The zero-order valence-corrected chi connectivity index (χ0v) is 13.0. The molecule has 1 aliphatic rings. The lowest BCUT2D eigenvalue weighted by Crippen LogP contribution is -2.39. The number of nitrogens with one attached hydrogen (secondary N) is 1. The van der Waals surface area contributed by atoms with Crippen molar-refractivity contribution in [3.8, 4) is 0 Å². The van der Waals surface area contributed by atoms with Gasteiger partial charge in [-0.3, -0.25) is 19.3 Å². The molecule has 0 saturated carbocycles. The van der Waals surface area contributed by atoms with Gasteiger partial charge < -0.3 is 5.32 Å². The molecule has 108 valence electrons. The monoisotopic (exact) mass is 332 g/mol. The molecule has 1 saturated heterocycles. The number of carbonyl (C=O) groups is 3. The van der Waals surface area contributed by atoms with Gasteiger partial charge in [-0.25, -0.2) is 0 Å². The molecule has 1 aromatic heterocycles. The molecule has 0 unspecified atom stereocenters. The summed E-state index contributed by atoms with van der Waals surface area (Å²) >= 11 is 3.69. The number of hydrogen-bond acceptors (Lipinski definition) is 8. The fraction of sp³-hybridized carbons (Fsp3) is 0.500. The lowest BCUT2D eigenvalue weighted by atomic mass is 10.4. The first-order valence-corrected chi connectivity index (χ1v) is 8.50. The van der Waals surface area contributed by atoms with E-state index in [0.29, 0.717) is 0 Å². The molecule has 10 heteroatoms. The van der Waals surface area contributed by atoms with Gasteiger partial charge in [0.15, 0.2) is 4.34 Å². The summed E-state index contributed by atoms with van der Waals surface area (Å²) in [7, 11) is 0. The van der Waals surface area contributed by atoms with Gasteiger partial charge in [0, 0.05) is 13.1 Å². The molecule has 0 radical (unpaired) electrons. The van der Waals surface area contributed by atoms with Gasteiger partial charge in [0.25, 0.3) is 5.24 Å². The van der Waals surface area contributed by atoms with E-state index in [1.165, 1.54) is 23.1 Å². The van der Waals surface area contributed by atoms with Gasteiger partial charge in [0.2, 0.25) is 11.8 Å². The maximum absolute atomic E-state index is 11.8. The third kappa shape index (κ3) is 3.93.